The van der Waals surface area contributed by atoms with E-state index in [4.69, 9.17) is 0 Å². The number of hydrogen-bond acceptors (Lipinski definition) is 2. The van der Waals surface area contributed by atoms with E-state index in [0.717, 1.165) is 12.1 Å². The van der Waals surface area contributed by atoms with Gasteiger partial charge in [-0.05, 0) is 31.4 Å². The van der Waals surface area contributed by atoms with Crippen LogP contribution in [0.25, 0.3) is 0 Å². The summed E-state index contributed by atoms with van der Waals surface area (Å²) in [6, 6.07) is 10.2. The zero-order valence-electron chi connectivity index (χ0n) is 12.3. The number of likely N-dealkylation sites (tertiary alicyclic amines) is 1. The number of aliphatic carboxylic acids is 1. The molecule has 1 fully saturated rings. The first kappa shape index (κ1) is 15.0. The van der Waals surface area contributed by atoms with Gasteiger partial charge < -0.3 is 5.11 Å². The number of carboxylic acids is 1. The first-order valence-corrected chi connectivity index (χ1v) is 7.74. The third kappa shape index (κ3) is 3.83. The van der Waals surface area contributed by atoms with Gasteiger partial charge in [0.1, 0.15) is 0 Å². The van der Waals surface area contributed by atoms with E-state index in [1.807, 2.05) is 30.3 Å². The van der Waals surface area contributed by atoms with Crippen LogP contribution < -0.4 is 0 Å². The molecule has 1 aromatic carbocycles. The minimum Gasteiger partial charge on any atom is -0.481 e. The SMILES string of the molecule is CCCC1CCCCN1CC(C(=O)O)c1ccccc1. The van der Waals surface area contributed by atoms with E-state index in [-0.39, 0.29) is 0 Å². The molecule has 1 aliphatic rings. The van der Waals surface area contributed by atoms with Crippen molar-refractivity contribution in [2.75, 3.05) is 13.1 Å². The lowest BCUT2D eigenvalue weighted by Gasteiger charge is -2.37. The molecule has 2 rings (SSSR count). The van der Waals surface area contributed by atoms with E-state index in [0.29, 0.717) is 12.6 Å². The summed E-state index contributed by atoms with van der Waals surface area (Å²) in [5.74, 6) is -1.12. The van der Waals surface area contributed by atoms with Gasteiger partial charge in [0.2, 0.25) is 0 Å². The molecule has 1 heterocycles. The third-order valence-corrected chi connectivity index (χ3v) is 4.29. The molecule has 0 aromatic heterocycles. The van der Waals surface area contributed by atoms with E-state index in [9.17, 15) is 9.90 Å². The molecular weight excluding hydrogens is 250 g/mol. The van der Waals surface area contributed by atoms with Gasteiger partial charge in [-0.1, -0.05) is 50.1 Å². The predicted molar refractivity (Wildman–Crippen MR) is 80.9 cm³/mol. The van der Waals surface area contributed by atoms with Gasteiger partial charge in [0.05, 0.1) is 5.92 Å². The Morgan fingerprint density at radius 2 is 2.10 bits per heavy atom. The molecular formula is C17H25NO2. The van der Waals surface area contributed by atoms with Crippen LogP contribution in [-0.2, 0) is 4.79 Å². The largest absolute Gasteiger partial charge is 0.481 e. The summed E-state index contributed by atoms with van der Waals surface area (Å²) in [5.41, 5.74) is 0.917. The summed E-state index contributed by atoms with van der Waals surface area (Å²) in [7, 11) is 0. The maximum Gasteiger partial charge on any atom is 0.312 e. The van der Waals surface area contributed by atoms with Gasteiger partial charge in [0, 0.05) is 12.6 Å². The Balaban J connectivity index is 2.09. The summed E-state index contributed by atoms with van der Waals surface area (Å²) in [4.78, 5) is 14.0. The highest BCUT2D eigenvalue weighted by Crippen LogP contribution is 2.25. The molecule has 0 amide bonds. The molecule has 1 aliphatic heterocycles. The maximum absolute atomic E-state index is 11.6. The highest BCUT2D eigenvalue weighted by molar-refractivity contribution is 5.76. The average Bonchev–Trinajstić information content (AvgIpc) is 2.47. The summed E-state index contributed by atoms with van der Waals surface area (Å²) in [5, 5.41) is 9.55. The fourth-order valence-corrected chi connectivity index (χ4v) is 3.21. The number of carbonyl (C=O) groups is 1. The van der Waals surface area contributed by atoms with Crippen LogP contribution in [0.15, 0.2) is 30.3 Å². The molecule has 110 valence electrons. The second kappa shape index (κ2) is 7.44. The van der Waals surface area contributed by atoms with Crippen LogP contribution in [0.5, 0.6) is 0 Å². The number of hydrogen-bond donors (Lipinski definition) is 1. The lowest BCUT2D eigenvalue weighted by Crippen LogP contribution is -2.43. The summed E-state index contributed by atoms with van der Waals surface area (Å²) in [6.07, 6.45) is 6.05. The fourth-order valence-electron chi connectivity index (χ4n) is 3.21. The van der Waals surface area contributed by atoms with Gasteiger partial charge in [-0.3, -0.25) is 9.69 Å². The molecule has 0 aliphatic carbocycles. The van der Waals surface area contributed by atoms with Crippen molar-refractivity contribution < 1.29 is 9.90 Å². The van der Waals surface area contributed by atoms with Crippen molar-refractivity contribution in [2.45, 2.75) is 51.0 Å². The second-order valence-electron chi connectivity index (χ2n) is 5.73. The zero-order valence-corrected chi connectivity index (χ0v) is 12.3. The maximum atomic E-state index is 11.6. The normalized spacial score (nSPS) is 21.6. The Labute approximate surface area is 121 Å². The topological polar surface area (TPSA) is 40.5 Å². The summed E-state index contributed by atoms with van der Waals surface area (Å²) in [6.45, 7) is 3.89. The lowest BCUT2D eigenvalue weighted by atomic mass is 9.93. The van der Waals surface area contributed by atoms with Crippen LogP contribution in [0.2, 0.25) is 0 Å². The first-order valence-electron chi connectivity index (χ1n) is 7.74. The molecule has 1 saturated heterocycles. The summed E-state index contributed by atoms with van der Waals surface area (Å²) < 4.78 is 0. The quantitative estimate of drug-likeness (QED) is 0.863. The fraction of sp³-hybridized carbons (Fsp3) is 0.588. The number of piperidine rings is 1. The van der Waals surface area contributed by atoms with Crippen LogP contribution in [-0.4, -0.2) is 35.1 Å². The Morgan fingerprint density at radius 1 is 1.35 bits per heavy atom. The standard InChI is InChI=1S/C17H25NO2/c1-2-8-15-11-6-7-12-18(15)13-16(17(19)20)14-9-4-3-5-10-14/h3-5,9-10,15-16H,2,6-8,11-13H2,1H3,(H,19,20). The van der Waals surface area contributed by atoms with Gasteiger partial charge in [0.25, 0.3) is 0 Å². The van der Waals surface area contributed by atoms with E-state index in [2.05, 4.69) is 11.8 Å². The molecule has 0 saturated carbocycles. The molecule has 0 spiro atoms. The van der Waals surface area contributed by atoms with Gasteiger partial charge in [0.15, 0.2) is 0 Å². The second-order valence-corrected chi connectivity index (χ2v) is 5.73. The monoisotopic (exact) mass is 275 g/mol. The van der Waals surface area contributed by atoms with Gasteiger partial charge >= 0.3 is 5.97 Å². The first-order chi connectivity index (χ1) is 9.72. The van der Waals surface area contributed by atoms with Crippen LogP contribution >= 0.6 is 0 Å². The van der Waals surface area contributed by atoms with Gasteiger partial charge in [-0.2, -0.15) is 0 Å². The van der Waals surface area contributed by atoms with Crippen molar-refractivity contribution in [3.05, 3.63) is 35.9 Å². The van der Waals surface area contributed by atoms with Gasteiger partial charge in [-0.25, -0.2) is 0 Å². The number of nitrogens with zero attached hydrogens (tertiary/aromatic N) is 1. The minimum absolute atomic E-state index is 0.409. The van der Waals surface area contributed by atoms with Crippen molar-refractivity contribution >= 4 is 5.97 Å². The third-order valence-electron chi connectivity index (χ3n) is 4.29. The van der Waals surface area contributed by atoms with Crippen molar-refractivity contribution in [3.63, 3.8) is 0 Å². The molecule has 1 N–H and O–H groups in total. The van der Waals surface area contributed by atoms with E-state index in [1.54, 1.807) is 0 Å². The highest BCUT2D eigenvalue weighted by atomic mass is 16.4. The Hall–Kier alpha value is -1.35. The van der Waals surface area contributed by atoms with Crippen LogP contribution in [0.4, 0.5) is 0 Å². The van der Waals surface area contributed by atoms with Gasteiger partial charge in [-0.15, -0.1) is 0 Å². The minimum atomic E-state index is -0.711. The summed E-state index contributed by atoms with van der Waals surface area (Å²) >= 11 is 0. The molecule has 3 heteroatoms. The van der Waals surface area contributed by atoms with Crippen LogP contribution in [0.1, 0.15) is 50.5 Å². The predicted octanol–water partition coefficient (Wildman–Crippen LogP) is 3.51. The molecule has 0 bridgehead atoms. The molecule has 2 unspecified atom stereocenters. The van der Waals surface area contributed by atoms with Crippen molar-refractivity contribution in [2.24, 2.45) is 0 Å². The number of carboxylic acid groups (broad SMARTS) is 1. The Kier molecular flexibility index (Phi) is 5.60. The molecule has 1 aromatic rings. The Morgan fingerprint density at radius 3 is 2.75 bits per heavy atom. The Bertz CT molecular complexity index is 416. The van der Waals surface area contributed by atoms with E-state index in [1.165, 1.54) is 32.1 Å². The van der Waals surface area contributed by atoms with E-state index < -0.39 is 11.9 Å². The highest BCUT2D eigenvalue weighted by Gasteiger charge is 2.28. The lowest BCUT2D eigenvalue weighted by molar-refractivity contribution is -0.139. The smallest absolute Gasteiger partial charge is 0.312 e. The molecule has 2 atom stereocenters. The van der Waals surface area contributed by atoms with E-state index >= 15 is 0 Å². The zero-order chi connectivity index (χ0) is 14.4. The van der Waals surface area contributed by atoms with Crippen molar-refractivity contribution in [3.8, 4) is 0 Å². The molecule has 20 heavy (non-hydrogen) atoms. The number of rotatable bonds is 6. The number of benzene rings is 1. The van der Waals surface area contributed by atoms with Crippen molar-refractivity contribution in [1.29, 1.82) is 0 Å². The molecule has 3 nitrogen and oxygen atoms in total. The van der Waals surface area contributed by atoms with Crippen LogP contribution in [0, 0.1) is 0 Å². The average molecular weight is 275 g/mol. The molecule has 0 radical (unpaired) electrons. The van der Waals surface area contributed by atoms with Crippen LogP contribution in [0.3, 0.4) is 0 Å². The van der Waals surface area contributed by atoms with Crippen molar-refractivity contribution in [1.82, 2.24) is 4.90 Å².